The molecule has 4 nitrogen and oxygen atoms in total. The van der Waals surface area contributed by atoms with Crippen molar-refractivity contribution in [2.75, 3.05) is 13.1 Å². The van der Waals surface area contributed by atoms with E-state index >= 15 is 0 Å². The predicted octanol–water partition coefficient (Wildman–Crippen LogP) is 3.02. The molecule has 0 bridgehead atoms. The van der Waals surface area contributed by atoms with Gasteiger partial charge in [-0.3, -0.25) is 0 Å². The molecule has 0 spiro atoms. The molecule has 1 fully saturated rings. The van der Waals surface area contributed by atoms with Crippen LogP contribution in [0.2, 0.25) is 0 Å². The summed E-state index contributed by atoms with van der Waals surface area (Å²) in [7, 11) is 0. The summed E-state index contributed by atoms with van der Waals surface area (Å²) in [5.41, 5.74) is 1.84. The van der Waals surface area contributed by atoms with E-state index < -0.39 is 0 Å². The first-order valence-electron chi connectivity index (χ1n) is 6.53. The molecule has 4 heteroatoms. The molecule has 0 aliphatic carbocycles. The van der Waals surface area contributed by atoms with Gasteiger partial charge in [0.2, 0.25) is 0 Å². The summed E-state index contributed by atoms with van der Waals surface area (Å²) in [4.78, 5) is 2.20. The minimum Gasteiger partial charge on any atom is -0.374 e. The van der Waals surface area contributed by atoms with E-state index in [0.717, 1.165) is 31.6 Å². The minimum absolute atomic E-state index is 0.0192. The van der Waals surface area contributed by atoms with Crippen LogP contribution in [0.25, 0.3) is 0 Å². The van der Waals surface area contributed by atoms with Crippen molar-refractivity contribution in [3.8, 4) is 18.2 Å². The van der Waals surface area contributed by atoms with Crippen molar-refractivity contribution in [1.29, 1.82) is 15.8 Å². The van der Waals surface area contributed by atoms with Crippen LogP contribution < -0.4 is 0 Å². The maximum absolute atomic E-state index is 9.32. The number of nitriles is 3. The minimum atomic E-state index is 0.0192. The van der Waals surface area contributed by atoms with Gasteiger partial charge in [0.1, 0.15) is 23.8 Å². The average molecular weight is 254 g/mol. The van der Waals surface area contributed by atoms with Gasteiger partial charge in [0.25, 0.3) is 0 Å². The fourth-order valence-electron chi connectivity index (χ4n) is 2.32. The van der Waals surface area contributed by atoms with E-state index in [4.69, 9.17) is 10.5 Å². The van der Waals surface area contributed by atoms with Gasteiger partial charge in [-0.05, 0) is 32.3 Å². The van der Waals surface area contributed by atoms with Crippen molar-refractivity contribution < 1.29 is 0 Å². The SMILES string of the molecule is CC(=C(C#N)C#N)/C(C#N)=C(\C)N1CCCCCC1. The van der Waals surface area contributed by atoms with E-state index in [1.54, 1.807) is 6.92 Å². The lowest BCUT2D eigenvalue weighted by Crippen LogP contribution is -2.24. The fraction of sp³-hybridized carbons (Fsp3) is 0.533. The van der Waals surface area contributed by atoms with Gasteiger partial charge in [-0.2, -0.15) is 15.8 Å². The van der Waals surface area contributed by atoms with Gasteiger partial charge in [0, 0.05) is 18.8 Å². The van der Waals surface area contributed by atoms with Crippen molar-refractivity contribution in [3.05, 3.63) is 22.4 Å². The number of hydrogen-bond acceptors (Lipinski definition) is 4. The molecule has 0 aromatic carbocycles. The summed E-state index contributed by atoms with van der Waals surface area (Å²) in [5, 5.41) is 27.1. The Labute approximate surface area is 114 Å². The molecule has 0 saturated carbocycles. The molecule has 0 radical (unpaired) electrons. The second kappa shape index (κ2) is 7.24. The number of hydrogen-bond donors (Lipinski definition) is 0. The summed E-state index contributed by atoms with van der Waals surface area (Å²) in [6.45, 7) is 5.46. The van der Waals surface area contributed by atoms with E-state index in [0.29, 0.717) is 11.1 Å². The van der Waals surface area contributed by atoms with Crippen LogP contribution >= 0.6 is 0 Å². The van der Waals surface area contributed by atoms with E-state index in [1.165, 1.54) is 12.8 Å². The summed E-state index contributed by atoms with van der Waals surface area (Å²) in [5.74, 6) is 0. The third kappa shape index (κ3) is 3.60. The Kier molecular flexibility index (Phi) is 5.65. The quantitative estimate of drug-likeness (QED) is 0.560. The second-order valence-corrected chi connectivity index (χ2v) is 4.70. The molecule has 19 heavy (non-hydrogen) atoms. The van der Waals surface area contributed by atoms with E-state index in [9.17, 15) is 5.26 Å². The maximum atomic E-state index is 9.32. The van der Waals surface area contributed by atoms with Gasteiger partial charge in [-0.25, -0.2) is 0 Å². The largest absolute Gasteiger partial charge is 0.374 e. The first kappa shape index (κ1) is 14.8. The van der Waals surface area contributed by atoms with Gasteiger partial charge >= 0.3 is 0 Å². The van der Waals surface area contributed by atoms with E-state index in [-0.39, 0.29) is 5.57 Å². The number of rotatable bonds is 2. The summed E-state index contributed by atoms with van der Waals surface area (Å²) in [6.07, 6.45) is 4.70. The Balaban J connectivity index is 3.17. The van der Waals surface area contributed by atoms with Crippen molar-refractivity contribution >= 4 is 0 Å². The van der Waals surface area contributed by atoms with Crippen LogP contribution in [0.1, 0.15) is 39.5 Å². The fourth-order valence-corrected chi connectivity index (χ4v) is 2.32. The number of nitrogens with zero attached hydrogens (tertiary/aromatic N) is 4. The molecule has 0 aromatic rings. The average Bonchev–Trinajstić information content (AvgIpc) is 2.69. The second-order valence-electron chi connectivity index (χ2n) is 4.70. The molecule has 1 rings (SSSR count). The van der Waals surface area contributed by atoms with Crippen molar-refractivity contribution in [2.24, 2.45) is 0 Å². The highest BCUT2D eigenvalue weighted by molar-refractivity contribution is 5.54. The molecule has 1 aliphatic heterocycles. The lowest BCUT2D eigenvalue weighted by atomic mass is 10.0. The molecule has 1 aliphatic rings. The topological polar surface area (TPSA) is 74.6 Å². The lowest BCUT2D eigenvalue weighted by molar-refractivity contribution is 0.357. The van der Waals surface area contributed by atoms with E-state index in [1.807, 2.05) is 19.1 Å². The number of likely N-dealkylation sites (tertiary alicyclic amines) is 1. The van der Waals surface area contributed by atoms with Gasteiger partial charge < -0.3 is 4.90 Å². The normalized spacial score (nSPS) is 16.3. The Bertz CT molecular complexity index is 496. The highest BCUT2D eigenvalue weighted by Crippen LogP contribution is 2.22. The molecule has 0 aromatic heterocycles. The molecule has 1 heterocycles. The molecule has 0 N–H and O–H groups in total. The Morgan fingerprint density at radius 1 is 0.842 bits per heavy atom. The van der Waals surface area contributed by atoms with Gasteiger partial charge in [-0.15, -0.1) is 0 Å². The molecule has 1 saturated heterocycles. The Morgan fingerprint density at radius 3 is 1.79 bits per heavy atom. The van der Waals surface area contributed by atoms with E-state index in [2.05, 4.69) is 11.0 Å². The summed E-state index contributed by atoms with van der Waals surface area (Å²) in [6, 6.07) is 5.85. The summed E-state index contributed by atoms with van der Waals surface area (Å²) >= 11 is 0. The first-order chi connectivity index (χ1) is 9.15. The molecule has 98 valence electrons. The van der Waals surface area contributed by atoms with Gasteiger partial charge in [0.05, 0.1) is 5.57 Å². The van der Waals surface area contributed by atoms with Crippen molar-refractivity contribution in [2.45, 2.75) is 39.5 Å². The molecule has 0 amide bonds. The Hall–Kier alpha value is -2.25. The van der Waals surface area contributed by atoms with Crippen molar-refractivity contribution in [3.63, 3.8) is 0 Å². The van der Waals surface area contributed by atoms with Crippen LogP contribution in [0.3, 0.4) is 0 Å². The zero-order valence-electron chi connectivity index (χ0n) is 11.5. The summed E-state index contributed by atoms with van der Waals surface area (Å²) < 4.78 is 0. The van der Waals surface area contributed by atoms with Crippen LogP contribution in [0.15, 0.2) is 22.4 Å². The van der Waals surface area contributed by atoms with Crippen LogP contribution in [0.5, 0.6) is 0 Å². The molecule has 0 unspecified atom stereocenters. The van der Waals surface area contributed by atoms with Crippen LogP contribution in [0, 0.1) is 34.0 Å². The van der Waals surface area contributed by atoms with Crippen molar-refractivity contribution in [1.82, 2.24) is 4.90 Å². The van der Waals surface area contributed by atoms with Gasteiger partial charge in [0.15, 0.2) is 0 Å². The first-order valence-corrected chi connectivity index (χ1v) is 6.53. The van der Waals surface area contributed by atoms with Crippen LogP contribution in [-0.4, -0.2) is 18.0 Å². The number of allylic oxidation sites excluding steroid dienone is 4. The molecular formula is C15H18N4. The highest BCUT2D eigenvalue weighted by Gasteiger charge is 2.16. The zero-order chi connectivity index (χ0) is 14.3. The Morgan fingerprint density at radius 2 is 1.37 bits per heavy atom. The zero-order valence-corrected chi connectivity index (χ0v) is 11.5. The molecule has 0 atom stereocenters. The maximum Gasteiger partial charge on any atom is 0.133 e. The van der Waals surface area contributed by atoms with Crippen LogP contribution in [0.4, 0.5) is 0 Å². The monoisotopic (exact) mass is 254 g/mol. The van der Waals surface area contributed by atoms with Gasteiger partial charge in [-0.1, -0.05) is 12.8 Å². The van der Waals surface area contributed by atoms with Crippen LogP contribution in [-0.2, 0) is 0 Å². The lowest BCUT2D eigenvalue weighted by Gasteiger charge is -2.24. The standard InChI is InChI=1S/C15H18N4/c1-12(14(9-16)10-17)15(11-18)13(2)19-7-5-3-4-6-8-19/h3-8H2,1-2H3/b15-13+. The third-order valence-electron chi connectivity index (χ3n) is 3.53. The smallest absolute Gasteiger partial charge is 0.133 e. The molecular weight excluding hydrogens is 236 g/mol. The highest BCUT2D eigenvalue weighted by atomic mass is 15.1. The third-order valence-corrected chi connectivity index (χ3v) is 3.53. The predicted molar refractivity (Wildman–Crippen MR) is 72.3 cm³/mol.